The predicted octanol–water partition coefficient (Wildman–Crippen LogP) is 4.68. The third kappa shape index (κ3) is 3.68. The first-order chi connectivity index (χ1) is 15.6. The van der Waals surface area contributed by atoms with E-state index in [1.807, 2.05) is 49.4 Å². The molecule has 0 atom stereocenters. The SMILES string of the molecule is Cc1cc(-c2n[nH]c3ccc(-c4ccn(Cc5cccc(C#N)c5)c(=O)c4)cc23)ccn1. The number of hydrogen-bond acceptors (Lipinski definition) is 4. The van der Waals surface area contributed by atoms with Gasteiger partial charge in [0.25, 0.3) is 5.56 Å². The van der Waals surface area contributed by atoms with E-state index in [1.165, 1.54) is 0 Å². The molecule has 0 aliphatic rings. The Morgan fingerprint density at radius 1 is 1.00 bits per heavy atom. The van der Waals surface area contributed by atoms with Gasteiger partial charge in [-0.2, -0.15) is 10.4 Å². The van der Waals surface area contributed by atoms with E-state index in [-0.39, 0.29) is 5.56 Å². The maximum Gasteiger partial charge on any atom is 0.251 e. The molecule has 0 saturated carbocycles. The summed E-state index contributed by atoms with van der Waals surface area (Å²) < 4.78 is 1.64. The second kappa shape index (κ2) is 7.97. The van der Waals surface area contributed by atoms with Crippen LogP contribution < -0.4 is 5.56 Å². The molecule has 1 N–H and O–H groups in total. The van der Waals surface area contributed by atoms with Gasteiger partial charge in [-0.3, -0.25) is 14.9 Å². The highest BCUT2D eigenvalue weighted by molar-refractivity contribution is 5.95. The van der Waals surface area contributed by atoms with Gasteiger partial charge >= 0.3 is 0 Å². The highest BCUT2D eigenvalue weighted by Crippen LogP contribution is 2.30. The van der Waals surface area contributed by atoms with E-state index in [0.29, 0.717) is 12.1 Å². The molecule has 0 amide bonds. The third-order valence-electron chi connectivity index (χ3n) is 5.47. The molecule has 0 unspecified atom stereocenters. The molecule has 0 spiro atoms. The smallest absolute Gasteiger partial charge is 0.251 e. The van der Waals surface area contributed by atoms with Crippen molar-refractivity contribution in [1.29, 1.82) is 5.26 Å². The van der Waals surface area contributed by atoms with Gasteiger partial charge in [0.2, 0.25) is 0 Å². The number of aryl methyl sites for hydroxylation is 1. The number of benzene rings is 2. The van der Waals surface area contributed by atoms with E-state index < -0.39 is 0 Å². The van der Waals surface area contributed by atoms with Crippen molar-refractivity contribution in [3.8, 4) is 28.5 Å². The van der Waals surface area contributed by atoms with Crippen molar-refractivity contribution >= 4 is 10.9 Å². The number of nitrogens with zero attached hydrogens (tertiary/aromatic N) is 4. The highest BCUT2D eigenvalue weighted by atomic mass is 16.1. The first-order valence-electron chi connectivity index (χ1n) is 10.2. The zero-order valence-corrected chi connectivity index (χ0v) is 17.4. The first-order valence-corrected chi connectivity index (χ1v) is 10.2. The van der Waals surface area contributed by atoms with Gasteiger partial charge in [-0.1, -0.05) is 18.2 Å². The van der Waals surface area contributed by atoms with Gasteiger partial charge in [-0.15, -0.1) is 0 Å². The second-order valence-electron chi connectivity index (χ2n) is 7.71. The Bertz CT molecular complexity index is 1550. The standard InChI is InChI=1S/C26H19N5O/c1-17-11-22(7-9-28-17)26-23-13-20(5-6-24(23)29-30-26)21-8-10-31(25(32)14-21)16-19-4-2-3-18(12-19)15-27/h2-14H,16H2,1H3,(H,29,30). The minimum Gasteiger partial charge on any atom is -0.311 e. The van der Waals surface area contributed by atoms with E-state index in [2.05, 4.69) is 27.3 Å². The summed E-state index contributed by atoms with van der Waals surface area (Å²) in [6.07, 6.45) is 3.57. The zero-order valence-electron chi connectivity index (χ0n) is 17.4. The largest absolute Gasteiger partial charge is 0.311 e. The summed E-state index contributed by atoms with van der Waals surface area (Å²) >= 11 is 0. The number of nitrogens with one attached hydrogen (secondary N) is 1. The van der Waals surface area contributed by atoms with Crippen LogP contribution in [0.4, 0.5) is 0 Å². The molecular formula is C26H19N5O. The average Bonchev–Trinajstić information content (AvgIpc) is 3.24. The Balaban J connectivity index is 1.50. The molecule has 0 bridgehead atoms. The molecule has 0 aliphatic carbocycles. The Hall–Kier alpha value is -4.50. The number of hydrogen-bond donors (Lipinski definition) is 1. The number of aromatic amines is 1. The Labute approximate surface area is 184 Å². The van der Waals surface area contributed by atoms with Crippen molar-refractivity contribution in [2.75, 3.05) is 0 Å². The van der Waals surface area contributed by atoms with Crippen molar-refractivity contribution in [1.82, 2.24) is 19.7 Å². The van der Waals surface area contributed by atoms with Crippen molar-refractivity contribution in [3.05, 3.63) is 106 Å². The molecule has 3 heterocycles. The molecule has 0 saturated heterocycles. The topological polar surface area (TPSA) is 87.4 Å². The summed E-state index contributed by atoms with van der Waals surface area (Å²) in [6.45, 7) is 2.37. The van der Waals surface area contributed by atoms with Crippen molar-refractivity contribution in [2.24, 2.45) is 0 Å². The molecule has 154 valence electrons. The number of nitriles is 1. The minimum absolute atomic E-state index is 0.0952. The van der Waals surface area contributed by atoms with Crippen LogP contribution in [0.3, 0.4) is 0 Å². The van der Waals surface area contributed by atoms with Gasteiger partial charge in [-0.25, -0.2) is 0 Å². The van der Waals surface area contributed by atoms with Crippen LogP contribution in [0.25, 0.3) is 33.3 Å². The van der Waals surface area contributed by atoms with Crippen molar-refractivity contribution < 1.29 is 0 Å². The number of H-pyrrole nitrogens is 1. The van der Waals surface area contributed by atoms with Gasteiger partial charge < -0.3 is 4.57 Å². The fourth-order valence-electron chi connectivity index (χ4n) is 3.86. The lowest BCUT2D eigenvalue weighted by molar-refractivity contribution is 0.760. The Kier molecular flexibility index (Phi) is 4.85. The van der Waals surface area contributed by atoms with Crippen LogP contribution in [0.15, 0.2) is 83.9 Å². The normalized spacial score (nSPS) is 10.9. The molecule has 3 aromatic heterocycles. The van der Waals surface area contributed by atoms with Crippen molar-refractivity contribution in [3.63, 3.8) is 0 Å². The van der Waals surface area contributed by atoms with E-state index >= 15 is 0 Å². The highest BCUT2D eigenvalue weighted by Gasteiger charge is 2.11. The summed E-state index contributed by atoms with van der Waals surface area (Å²) in [5, 5.41) is 17.6. The van der Waals surface area contributed by atoms with Gasteiger partial charge in [-0.05, 0) is 66.1 Å². The van der Waals surface area contributed by atoms with E-state index in [1.54, 1.807) is 35.2 Å². The van der Waals surface area contributed by atoms with E-state index in [4.69, 9.17) is 5.26 Å². The van der Waals surface area contributed by atoms with E-state index in [0.717, 1.165) is 44.5 Å². The van der Waals surface area contributed by atoms with Crippen LogP contribution in [0, 0.1) is 18.3 Å². The summed E-state index contributed by atoms with van der Waals surface area (Å²) in [5.74, 6) is 0. The molecule has 6 nitrogen and oxygen atoms in total. The van der Waals surface area contributed by atoms with Gasteiger partial charge in [0, 0.05) is 35.1 Å². The lowest BCUT2D eigenvalue weighted by atomic mass is 10.0. The first kappa shape index (κ1) is 19.5. The molecular weight excluding hydrogens is 398 g/mol. The van der Waals surface area contributed by atoms with Gasteiger partial charge in [0.15, 0.2) is 0 Å². The minimum atomic E-state index is -0.0952. The zero-order chi connectivity index (χ0) is 22.1. The van der Waals surface area contributed by atoms with Crippen LogP contribution in [0.5, 0.6) is 0 Å². The van der Waals surface area contributed by atoms with Gasteiger partial charge in [0.1, 0.15) is 5.69 Å². The quantitative estimate of drug-likeness (QED) is 0.460. The summed E-state index contributed by atoms with van der Waals surface area (Å²) in [6, 6.07) is 23.0. The molecule has 5 aromatic rings. The van der Waals surface area contributed by atoms with Crippen LogP contribution in [0.2, 0.25) is 0 Å². The lowest BCUT2D eigenvalue weighted by Gasteiger charge is -2.08. The Morgan fingerprint density at radius 3 is 2.69 bits per heavy atom. The maximum atomic E-state index is 12.8. The summed E-state index contributed by atoms with van der Waals surface area (Å²) in [7, 11) is 0. The number of aromatic nitrogens is 4. The van der Waals surface area contributed by atoms with Gasteiger partial charge in [0.05, 0.1) is 23.7 Å². The molecule has 0 radical (unpaired) electrons. The molecule has 5 rings (SSSR count). The molecule has 0 aliphatic heterocycles. The summed E-state index contributed by atoms with van der Waals surface area (Å²) in [4.78, 5) is 17.0. The fraction of sp³-hybridized carbons (Fsp3) is 0.0769. The third-order valence-corrected chi connectivity index (χ3v) is 5.47. The Morgan fingerprint density at radius 2 is 1.88 bits per heavy atom. The second-order valence-corrected chi connectivity index (χ2v) is 7.71. The van der Waals surface area contributed by atoms with Crippen LogP contribution in [0.1, 0.15) is 16.8 Å². The fourth-order valence-corrected chi connectivity index (χ4v) is 3.86. The summed E-state index contributed by atoms with van der Waals surface area (Å²) in [5.41, 5.74) is 6.91. The molecule has 6 heteroatoms. The van der Waals surface area contributed by atoms with E-state index in [9.17, 15) is 4.79 Å². The number of pyridine rings is 2. The molecule has 2 aromatic carbocycles. The van der Waals surface area contributed by atoms with Crippen LogP contribution in [-0.2, 0) is 6.54 Å². The molecule has 0 fully saturated rings. The van der Waals surface area contributed by atoms with Crippen molar-refractivity contribution in [2.45, 2.75) is 13.5 Å². The van der Waals surface area contributed by atoms with Crippen LogP contribution >= 0.6 is 0 Å². The average molecular weight is 417 g/mol. The van der Waals surface area contributed by atoms with Crippen LogP contribution in [-0.4, -0.2) is 19.7 Å². The monoisotopic (exact) mass is 417 g/mol. The molecule has 32 heavy (non-hydrogen) atoms. The number of fused-ring (bicyclic) bond motifs is 1. The number of rotatable bonds is 4. The maximum absolute atomic E-state index is 12.8. The lowest BCUT2D eigenvalue weighted by Crippen LogP contribution is -2.19. The predicted molar refractivity (Wildman–Crippen MR) is 124 cm³/mol.